The zero-order chi connectivity index (χ0) is 18.5. The first-order valence-electron chi connectivity index (χ1n) is 8.12. The van der Waals surface area contributed by atoms with Crippen molar-refractivity contribution in [1.29, 1.82) is 0 Å². The van der Waals surface area contributed by atoms with Crippen LogP contribution in [0, 0.1) is 0 Å². The van der Waals surface area contributed by atoms with Crippen molar-refractivity contribution in [2.45, 2.75) is 43.3 Å². The molecule has 0 saturated carbocycles. The molecule has 0 bridgehead atoms. The summed E-state index contributed by atoms with van der Waals surface area (Å²) >= 11 is 0. The van der Waals surface area contributed by atoms with Crippen LogP contribution in [0.5, 0.6) is 5.88 Å². The Morgan fingerprint density at radius 2 is 1.96 bits per heavy atom. The molecule has 6 nitrogen and oxygen atoms in total. The molecule has 1 aromatic heterocycles. The van der Waals surface area contributed by atoms with Crippen LogP contribution in [-0.2, 0) is 10.0 Å². The third kappa shape index (κ3) is 6.26. The van der Waals surface area contributed by atoms with Gasteiger partial charge in [-0.2, -0.15) is 17.5 Å². The Morgan fingerprint density at radius 3 is 2.46 bits per heavy atom. The van der Waals surface area contributed by atoms with Crippen molar-refractivity contribution in [2.24, 2.45) is 0 Å². The maximum Gasteiger partial charge on any atom is 0.422 e. The first-order chi connectivity index (χ1) is 11.7. The lowest BCUT2D eigenvalue weighted by atomic mass is 10.1. The summed E-state index contributed by atoms with van der Waals surface area (Å²) in [5, 5.41) is 3.19. The minimum absolute atomic E-state index is 0. The number of hydrogen-bond acceptors (Lipinski definition) is 5. The molecule has 1 fully saturated rings. The van der Waals surface area contributed by atoms with Crippen molar-refractivity contribution in [3.63, 3.8) is 0 Å². The molecule has 0 unspecified atom stereocenters. The number of alkyl halides is 3. The number of ether oxygens (including phenoxy) is 1. The van der Waals surface area contributed by atoms with Gasteiger partial charge in [-0.3, -0.25) is 0 Å². The zero-order valence-electron chi connectivity index (χ0n) is 14.3. The lowest BCUT2D eigenvalue weighted by molar-refractivity contribution is -0.154. The number of hydrogen-bond donors (Lipinski definition) is 1. The Bertz CT molecular complexity index is 650. The summed E-state index contributed by atoms with van der Waals surface area (Å²) in [7, 11) is -3.76. The van der Waals surface area contributed by atoms with E-state index in [-0.39, 0.29) is 29.2 Å². The molecular weight excluding hydrogens is 395 g/mol. The van der Waals surface area contributed by atoms with E-state index < -0.39 is 22.8 Å². The van der Waals surface area contributed by atoms with Crippen LogP contribution in [0.2, 0.25) is 0 Å². The summed E-state index contributed by atoms with van der Waals surface area (Å²) < 4.78 is 68.2. The van der Waals surface area contributed by atoms with Crippen molar-refractivity contribution < 1.29 is 26.3 Å². The number of rotatable bonds is 7. The van der Waals surface area contributed by atoms with E-state index in [1.807, 2.05) is 6.92 Å². The van der Waals surface area contributed by atoms with Gasteiger partial charge >= 0.3 is 6.18 Å². The SMILES string of the molecule is CCCN(C1CCNCC1)S(=O)(=O)c1ccc(OCC(F)(F)F)nc1.Cl. The molecule has 26 heavy (non-hydrogen) atoms. The molecule has 150 valence electrons. The third-order valence-corrected chi connectivity index (χ3v) is 5.79. The first kappa shape index (κ1) is 22.9. The van der Waals surface area contributed by atoms with Crippen LogP contribution < -0.4 is 10.1 Å². The molecule has 1 N–H and O–H groups in total. The monoisotopic (exact) mass is 417 g/mol. The molecule has 2 heterocycles. The summed E-state index contributed by atoms with van der Waals surface area (Å²) in [5.74, 6) is -0.264. The van der Waals surface area contributed by atoms with Crippen LogP contribution >= 0.6 is 12.4 Å². The minimum atomic E-state index is -4.47. The summed E-state index contributed by atoms with van der Waals surface area (Å²) in [6.45, 7) is 2.32. The van der Waals surface area contributed by atoms with E-state index in [1.54, 1.807) is 0 Å². The van der Waals surface area contributed by atoms with Gasteiger partial charge < -0.3 is 10.1 Å². The summed E-state index contributed by atoms with van der Waals surface area (Å²) in [5.41, 5.74) is 0. The average molecular weight is 418 g/mol. The molecule has 11 heteroatoms. The van der Waals surface area contributed by atoms with Gasteiger partial charge in [0.1, 0.15) is 4.90 Å². The lowest BCUT2D eigenvalue weighted by Crippen LogP contribution is -2.46. The average Bonchev–Trinajstić information content (AvgIpc) is 2.58. The summed E-state index contributed by atoms with van der Waals surface area (Å²) in [6.07, 6.45) is -1.31. The van der Waals surface area contributed by atoms with E-state index in [9.17, 15) is 21.6 Å². The molecule has 0 radical (unpaired) electrons. The molecule has 0 aromatic carbocycles. The van der Waals surface area contributed by atoms with Gasteiger partial charge in [-0.05, 0) is 38.4 Å². The highest BCUT2D eigenvalue weighted by molar-refractivity contribution is 7.89. The first-order valence-corrected chi connectivity index (χ1v) is 9.56. The van der Waals surface area contributed by atoms with Crippen molar-refractivity contribution in [2.75, 3.05) is 26.2 Å². The topological polar surface area (TPSA) is 71.5 Å². The maximum atomic E-state index is 12.9. The Kier molecular flexibility index (Phi) is 8.58. The fraction of sp³-hybridized carbons (Fsp3) is 0.667. The van der Waals surface area contributed by atoms with E-state index >= 15 is 0 Å². The molecule has 0 aliphatic carbocycles. The maximum absolute atomic E-state index is 12.9. The predicted molar refractivity (Wildman–Crippen MR) is 93.1 cm³/mol. The van der Waals surface area contributed by atoms with Crippen LogP contribution in [0.3, 0.4) is 0 Å². The highest BCUT2D eigenvalue weighted by Crippen LogP contribution is 2.24. The van der Waals surface area contributed by atoms with Crippen molar-refractivity contribution >= 4 is 22.4 Å². The van der Waals surface area contributed by atoms with Gasteiger partial charge in [0.15, 0.2) is 6.61 Å². The second-order valence-electron chi connectivity index (χ2n) is 5.83. The largest absolute Gasteiger partial charge is 0.468 e. The van der Waals surface area contributed by atoms with Crippen LogP contribution in [0.25, 0.3) is 0 Å². The predicted octanol–water partition coefficient (Wildman–Crippen LogP) is 2.60. The summed E-state index contributed by atoms with van der Waals surface area (Å²) in [4.78, 5) is 3.65. The Labute approximate surface area is 157 Å². The van der Waals surface area contributed by atoms with Crippen molar-refractivity contribution in [3.05, 3.63) is 18.3 Å². The fourth-order valence-electron chi connectivity index (χ4n) is 2.71. The quantitative estimate of drug-likeness (QED) is 0.738. The van der Waals surface area contributed by atoms with Crippen LogP contribution in [-0.4, -0.2) is 56.2 Å². The molecular formula is C15H23ClF3N3O3S. The summed E-state index contributed by atoms with van der Waals surface area (Å²) in [6, 6.07) is 2.29. The van der Waals surface area contributed by atoms with Gasteiger partial charge in [0, 0.05) is 18.7 Å². The zero-order valence-corrected chi connectivity index (χ0v) is 16.0. The van der Waals surface area contributed by atoms with E-state index in [0.29, 0.717) is 13.0 Å². The van der Waals surface area contributed by atoms with Gasteiger partial charge in [-0.25, -0.2) is 13.4 Å². The Hall–Kier alpha value is -1.10. The van der Waals surface area contributed by atoms with Gasteiger partial charge in [0.25, 0.3) is 0 Å². The number of sulfonamides is 1. The normalized spacial score (nSPS) is 16.3. The van der Waals surface area contributed by atoms with Crippen molar-refractivity contribution in [1.82, 2.24) is 14.6 Å². The molecule has 0 amide bonds. The van der Waals surface area contributed by atoms with Gasteiger partial charge in [-0.1, -0.05) is 6.92 Å². The Balaban J connectivity index is 0.00000338. The molecule has 0 atom stereocenters. The second kappa shape index (κ2) is 9.72. The second-order valence-corrected chi connectivity index (χ2v) is 7.72. The van der Waals surface area contributed by atoms with Crippen LogP contribution in [0.15, 0.2) is 23.2 Å². The number of aromatic nitrogens is 1. The number of piperidine rings is 1. The molecule has 1 saturated heterocycles. The van der Waals surface area contributed by atoms with E-state index in [2.05, 4.69) is 15.0 Å². The lowest BCUT2D eigenvalue weighted by Gasteiger charge is -2.33. The smallest absolute Gasteiger partial charge is 0.422 e. The molecule has 1 aromatic rings. The Morgan fingerprint density at radius 1 is 1.31 bits per heavy atom. The molecule has 1 aliphatic heterocycles. The van der Waals surface area contributed by atoms with Crippen LogP contribution in [0.1, 0.15) is 26.2 Å². The van der Waals surface area contributed by atoms with Gasteiger partial charge in [0.05, 0.1) is 6.20 Å². The van der Waals surface area contributed by atoms with Crippen LogP contribution in [0.4, 0.5) is 13.2 Å². The minimum Gasteiger partial charge on any atom is -0.468 e. The fourth-order valence-corrected chi connectivity index (χ4v) is 4.43. The van der Waals surface area contributed by atoms with Gasteiger partial charge in [-0.15, -0.1) is 12.4 Å². The standard InChI is InChI=1S/C15H22F3N3O3S.ClH/c1-2-9-21(12-5-7-19-8-6-12)25(22,23)13-3-4-14(20-10-13)24-11-15(16,17)18;/h3-4,10,12,19H,2,5-9,11H2,1H3;1H. The molecule has 2 rings (SSSR count). The highest BCUT2D eigenvalue weighted by Gasteiger charge is 2.32. The van der Waals surface area contributed by atoms with E-state index in [1.165, 1.54) is 10.4 Å². The van der Waals surface area contributed by atoms with Crippen molar-refractivity contribution in [3.8, 4) is 5.88 Å². The highest BCUT2D eigenvalue weighted by atomic mass is 35.5. The number of halogens is 4. The molecule has 0 spiro atoms. The molecule has 1 aliphatic rings. The van der Waals surface area contributed by atoms with E-state index in [4.69, 9.17) is 0 Å². The van der Waals surface area contributed by atoms with E-state index in [0.717, 1.165) is 38.2 Å². The number of nitrogens with zero attached hydrogens (tertiary/aromatic N) is 2. The number of nitrogens with one attached hydrogen (secondary N) is 1. The third-order valence-electron chi connectivity index (χ3n) is 3.86. The number of pyridine rings is 1. The van der Waals surface area contributed by atoms with Gasteiger partial charge in [0.2, 0.25) is 15.9 Å².